The first-order chi connectivity index (χ1) is 42.0. The molecule has 0 aromatic rings. The van der Waals surface area contributed by atoms with Crippen molar-refractivity contribution in [3.63, 3.8) is 0 Å². The zero-order valence-corrected chi connectivity index (χ0v) is 59.7. The highest BCUT2D eigenvalue weighted by Crippen LogP contribution is 2.38. The quantitative estimate of drug-likeness (QED) is 0.0272. The Labute approximate surface area is 538 Å². The molecular weight excluding hydrogens is 1080 g/mol. The zero-order valence-electron chi connectivity index (χ0n) is 58.8. The maximum atomic E-state index is 13.1. The maximum absolute atomic E-state index is 13.1. The molecule has 0 radical (unpaired) electrons. The van der Waals surface area contributed by atoms with Crippen molar-refractivity contribution in [2.75, 3.05) is 40.9 Å². The van der Waals surface area contributed by atoms with Crippen molar-refractivity contribution in [3.05, 3.63) is 24.3 Å². The smallest absolute Gasteiger partial charge is 0.268 e. The molecule has 0 fully saturated rings. The number of unbranched alkanes of at least 4 members (excludes halogenated alkanes) is 56. The van der Waals surface area contributed by atoms with Crippen LogP contribution in [0.15, 0.2) is 24.3 Å². The standard InChI is InChI=1S/C77H153N2O6P/c1-6-8-10-12-14-16-18-20-22-24-26-28-30-32-33-34-35-36-37-38-39-40-41-42-43-44-45-47-49-51-53-55-57-59-61-63-65-67-69-71-77(81)78-75(74-85-86(82,83)84-73-72-79(3,4)5)76(80)70-68-66-64-62-60-58-56-54-52-50-48-46-31-29-27-25-23-21-19-17-15-13-11-9-7-2/h18,20,24,26,75-76,80H,6-17,19,21-23,25,27-74H2,1-5H3,(H-,78,81,82,83)/b20-18-,26-24-. The van der Waals surface area contributed by atoms with Gasteiger partial charge in [0, 0.05) is 6.42 Å². The van der Waals surface area contributed by atoms with Gasteiger partial charge in [-0.05, 0) is 44.9 Å². The summed E-state index contributed by atoms with van der Waals surface area (Å²) in [6.45, 7) is 4.78. The summed E-state index contributed by atoms with van der Waals surface area (Å²) in [6, 6.07) is -0.799. The summed E-state index contributed by atoms with van der Waals surface area (Å²) >= 11 is 0. The molecule has 0 saturated heterocycles. The minimum atomic E-state index is -4.58. The van der Waals surface area contributed by atoms with Gasteiger partial charge in [-0.1, -0.05) is 385 Å². The number of aliphatic hydroxyl groups is 1. The van der Waals surface area contributed by atoms with Crippen LogP contribution >= 0.6 is 7.82 Å². The number of hydrogen-bond donors (Lipinski definition) is 2. The molecule has 0 bridgehead atoms. The van der Waals surface area contributed by atoms with Gasteiger partial charge in [0.2, 0.25) is 5.91 Å². The first-order valence-electron chi connectivity index (χ1n) is 38.7. The lowest BCUT2D eigenvalue weighted by Crippen LogP contribution is -2.46. The van der Waals surface area contributed by atoms with E-state index in [9.17, 15) is 19.4 Å². The number of allylic oxidation sites excluding steroid dienone is 4. The highest BCUT2D eigenvalue weighted by molar-refractivity contribution is 7.45. The van der Waals surface area contributed by atoms with Crippen molar-refractivity contribution >= 4 is 13.7 Å². The van der Waals surface area contributed by atoms with E-state index in [-0.39, 0.29) is 19.1 Å². The first-order valence-corrected chi connectivity index (χ1v) is 40.1. The highest BCUT2D eigenvalue weighted by atomic mass is 31.2. The second-order valence-corrected chi connectivity index (χ2v) is 29.5. The first kappa shape index (κ1) is 85.0. The largest absolute Gasteiger partial charge is 0.756 e. The third-order valence-corrected chi connectivity index (χ3v) is 19.2. The van der Waals surface area contributed by atoms with Crippen molar-refractivity contribution in [2.45, 2.75) is 424 Å². The summed E-state index contributed by atoms with van der Waals surface area (Å²) in [4.78, 5) is 25.7. The van der Waals surface area contributed by atoms with Gasteiger partial charge >= 0.3 is 0 Å². The molecule has 0 aliphatic carbocycles. The number of aliphatic hydroxyl groups excluding tert-OH is 1. The average molecular weight is 1230 g/mol. The van der Waals surface area contributed by atoms with Crippen LogP contribution in [0, 0.1) is 0 Å². The summed E-state index contributed by atoms with van der Waals surface area (Å²) in [5.74, 6) is -0.154. The van der Waals surface area contributed by atoms with Crippen molar-refractivity contribution in [1.29, 1.82) is 0 Å². The van der Waals surface area contributed by atoms with Gasteiger partial charge < -0.3 is 28.8 Å². The second kappa shape index (κ2) is 68.3. The van der Waals surface area contributed by atoms with E-state index in [0.717, 1.165) is 44.9 Å². The van der Waals surface area contributed by atoms with Gasteiger partial charge in [-0.2, -0.15) is 0 Å². The molecule has 0 heterocycles. The SMILES string of the molecule is CCCCCCC/C=C\C/C=C\CCCCCCCCCCCCCCCCCCCCCCCCCCCCCC(=O)NC(COP(=O)([O-])OCC[N+](C)(C)C)C(O)CCCCCCCCCCCCCCCCCCCCCCCCCCC. The lowest BCUT2D eigenvalue weighted by Gasteiger charge is -2.30. The lowest BCUT2D eigenvalue weighted by atomic mass is 10.0. The number of amides is 1. The van der Waals surface area contributed by atoms with Crippen molar-refractivity contribution in [3.8, 4) is 0 Å². The van der Waals surface area contributed by atoms with Gasteiger partial charge in [0.05, 0.1) is 39.9 Å². The fraction of sp³-hybridized carbons (Fsp3) is 0.935. The Kier molecular flexibility index (Phi) is 67.5. The van der Waals surface area contributed by atoms with Crippen LogP contribution in [0.25, 0.3) is 0 Å². The molecule has 1 amide bonds. The van der Waals surface area contributed by atoms with E-state index in [0.29, 0.717) is 23.9 Å². The summed E-state index contributed by atoms with van der Waals surface area (Å²) in [6.07, 6.45) is 90.1. The van der Waals surface area contributed by atoms with E-state index >= 15 is 0 Å². The molecule has 86 heavy (non-hydrogen) atoms. The maximum Gasteiger partial charge on any atom is 0.268 e. The minimum absolute atomic E-state index is 0.0158. The number of likely N-dealkylation sites (N-methyl/N-ethyl adjacent to an activating group) is 1. The fourth-order valence-electron chi connectivity index (χ4n) is 12.2. The van der Waals surface area contributed by atoms with Gasteiger partial charge in [-0.25, -0.2) is 0 Å². The predicted molar refractivity (Wildman–Crippen MR) is 376 cm³/mol. The molecule has 512 valence electrons. The third-order valence-electron chi connectivity index (χ3n) is 18.2. The Bertz CT molecular complexity index is 1450. The number of rotatable bonds is 73. The summed E-state index contributed by atoms with van der Waals surface area (Å²) in [7, 11) is 1.33. The van der Waals surface area contributed by atoms with Crippen LogP contribution in [0.1, 0.15) is 412 Å². The van der Waals surface area contributed by atoms with Gasteiger partial charge in [-0.15, -0.1) is 0 Å². The number of phosphoric ester groups is 1. The van der Waals surface area contributed by atoms with Crippen LogP contribution in [-0.4, -0.2) is 68.5 Å². The molecule has 2 N–H and O–H groups in total. The molecule has 0 aromatic heterocycles. The number of carbonyl (C=O) groups is 1. The molecular formula is C77H153N2O6P. The molecule has 0 aliphatic rings. The average Bonchev–Trinajstić information content (AvgIpc) is 3.70. The Morgan fingerprint density at radius 1 is 0.407 bits per heavy atom. The highest BCUT2D eigenvalue weighted by Gasteiger charge is 2.24. The van der Waals surface area contributed by atoms with Crippen molar-refractivity contribution < 1.29 is 32.9 Å². The minimum Gasteiger partial charge on any atom is -0.756 e. The summed E-state index contributed by atoms with van der Waals surface area (Å²) < 4.78 is 23.6. The summed E-state index contributed by atoms with van der Waals surface area (Å²) in [5, 5.41) is 14.1. The van der Waals surface area contributed by atoms with Crippen molar-refractivity contribution in [2.24, 2.45) is 0 Å². The normalized spacial score (nSPS) is 13.6. The van der Waals surface area contributed by atoms with Crippen LogP contribution in [0.2, 0.25) is 0 Å². The lowest BCUT2D eigenvalue weighted by molar-refractivity contribution is -0.870. The van der Waals surface area contributed by atoms with E-state index in [1.54, 1.807) is 0 Å². The Hall–Kier alpha value is -1.02. The fourth-order valence-corrected chi connectivity index (χ4v) is 12.9. The number of phosphoric acid groups is 1. The van der Waals surface area contributed by atoms with Crippen LogP contribution in [0.4, 0.5) is 0 Å². The molecule has 3 unspecified atom stereocenters. The van der Waals surface area contributed by atoms with E-state index in [1.807, 2.05) is 21.1 Å². The second-order valence-electron chi connectivity index (χ2n) is 28.1. The molecule has 0 spiro atoms. The molecule has 0 saturated carbocycles. The topological polar surface area (TPSA) is 108 Å². The number of nitrogens with one attached hydrogen (secondary N) is 1. The van der Waals surface area contributed by atoms with Crippen LogP contribution < -0.4 is 10.2 Å². The van der Waals surface area contributed by atoms with Crippen LogP contribution in [0.3, 0.4) is 0 Å². The monoisotopic (exact) mass is 1230 g/mol. The molecule has 0 aromatic carbocycles. The number of nitrogens with zero attached hydrogens (tertiary/aromatic N) is 1. The molecule has 8 nitrogen and oxygen atoms in total. The molecule has 3 atom stereocenters. The predicted octanol–water partition coefficient (Wildman–Crippen LogP) is 24.4. The zero-order chi connectivity index (χ0) is 62.6. The molecule has 0 aliphatic heterocycles. The van der Waals surface area contributed by atoms with Gasteiger partial charge in [0.25, 0.3) is 7.82 Å². The number of hydrogen-bond acceptors (Lipinski definition) is 6. The van der Waals surface area contributed by atoms with E-state index in [4.69, 9.17) is 9.05 Å². The number of quaternary nitrogens is 1. The Balaban J connectivity index is 3.89. The number of carbonyl (C=O) groups excluding carboxylic acids is 1. The van der Waals surface area contributed by atoms with Gasteiger partial charge in [0.1, 0.15) is 13.2 Å². The third kappa shape index (κ3) is 70.4. The molecule has 9 heteroatoms. The van der Waals surface area contributed by atoms with E-state index < -0.39 is 20.0 Å². The van der Waals surface area contributed by atoms with Gasteiger partial charge in [0.15, 0.2) is 0 Å². The van der Waals surface area contributed by atoms with E-state index in [2.05, 4.69) is 43.5 Å². The van der Waals surface area contributed by atoms with Crippen LogP contribution in [0.5, 0.6) is 0 Å². The van der Waals surface area contributed by atoms with Crippen molar-refractivity contribution in [1.82, 2.24) is 5.32 Å². The van der Waals surface area contributed by atoms with E-state index in [1.165, 1.54) is 340 Å². The van der Waals surface area contributed by atoms with Gasteiger partial charge in [-0.3, -0.25) is 9.36 Å². The molecule has 0 rings (SSSR count). The van der Waals surface area contributed by atoms with Crippen LogP contribution in [-0.2, 0) is 18.4 Å². The Morgan fingerprint density at radius 3 is 0.965 bits per heavy atom. The Morgan fingerprint density at radius 2 is 0.674 bits per heavy atom. The summed E-state index contributed by atoms with van der Waals surface area (Å²) in [5.41, 5.74) is 0.